The topological polar surface area (TPSA) is 38.3 Å². The van der Waals surface area contributed by atoms with Gasteiger partial charge in [0.25, 0.3) is 0 Å². The van der Waals surface area contributed by atoms with Gasteiger partial charge in [0.2, 0.25) is 5.91 Å². The molecule has 1 aromatic rings. The number of hydrogen-bond acceptors (Lipinski definition) is 2. The Morgan fingerprint density at radius 3 is 2.94 bits per heavy atom. The zero-order valence-electron chi connectivity index (χ0n) is 11.1. The third-order valence-electron chi connectivity index (χ3n) is 3.42. The Morgan fingerprint density at radius 1 is 1.44 bits per heavy atom. The quantitative estimate of drug-likeness (QED) is 0.868. The van der Waals surface area contributed by atoms with Crippen molar-refractivity contribution in [2.75, 3.05) is 13.2 Å². The molecule has 3 heteroatoms. The van der Waals surface area contributed by atoms with E-state index in [1.165, 1.54) is 5.56 Å². The van der Waals surface area contributed by atoms with E-state index in [2.05, 4.69) is 31.3 Å². The fourth-order valence-electron chi connectivity index (χ4n) is 2.20. The molecular formula is C15H21NO2. The maximum absolute atomic E-state index is 11.4. The maximum atomic E-state index is 11.4. The average molecular weight is 247 g/mol. The monoisotopic (exact) mass is 247 g/mol. The molecule has 0 spiro atoms. The Morgan fingerprint density at radius 2 is 2.28 bits per heavy atom. The number of hydrogen-bond donors (Lipinski definition) is 1. The average Bonchev–Trinajstić information content (AvgIpc) is 2.76. The van der Waals surface area contributed by atoms with E-state index >= 15 is 0 Å². The number of nitrogens with one attached hydrogen (secondary N) is 1. The van der Waals surface area contributed by atoms with Gasteiger partial charge in [0.15, 0.2) is 0 Å². The summed E-state index contributed by atoms with van der Waals surface area (Å²) < 4.78 is 5.73. The van der Waals surface area contributed by atoms with Crippen LogP contribution in [-0.2, 0) is 4.79 Å². The Bertz CT molecular complexity index is 415. The molecule has 1 heterocycles. The highest BCUT2D eigenvalue weighted by molar-refractivity contribution is 5.80. The maximum Gasteiger partial charge on any atom is 0.223 e. The minimum atomic E-state index is 0.137. The summed E-state index contributed by atoms with van der Waals surface area (Å²) in [6.45, 7) is 5.76. The van der Waals surface area contributed by atoms with Gasteiger partial charge in [0, 0.05) is 12.5 Å². The molecule has 1 saturated heterocycles. The highest BCUT2D eigenvalue weighted by Crippen LogP contribution is 2.21. The summed E-state index contributed by atoms with van der Waals surface area (Å²) in [6, 6.07) is 8.19. The Labute approximate surface area is 109 Å². The molecule has 1 aliphatic rings. The van der Waals surface area contributed by atoms with Crippen molar-refractivity contribution in [3.05, 3.63) is 29.8 Å². The van der Waals surface area contributed by atoms with Gasteiger partial charge < -0.3 is 10.1 Å². The van der Waals surface area contributed by atoms with Crippen LogP contribution >= 0.6 is 0 Å². The number of rotatable bonds is 5. The van der Waals surface area contributed by atoms with Crippen LogP contribution in [0.4, 0.5) is 0 Å². The van der Waals surface area contributed by atoms with Gasteiger partial charge >= 0.3 is 0 Å². The second-order valence-corrected chi connectivity index (χ2v) is 5.14. The third kappa shape index (κ3) is 3.25. The van der Waals surface area contributed by atoms with Gasteiger partial charge in [-0.25, -0.2) is 0 Å². The minimum absolute atomic E-state index is 0.137. The predicted octanol–water partition coefficient (Wildman–Crippen LogP) is 2.72. The minimum Gasteiger partial charge on any atom is -0.494 e. The molecular weight excluding hydrogens is 226 g/mol. The number of amides is 1. The van der Waals surface area contributed by atoms with Crippen LogP contribution in [0.1, 0.15) is 38.2 Å². The lowest BCUT2D eigenvalue weighted by Gasteiger charge is -2.11. The van der Waals surface area contributed by atoms with E-state index in [0.717, 1.165) is 25.1 Å². The molecule has 1 aliphatic heterocycles. The van der Waals surface area contributed by atoms with Gasteiger partial charge in [-0.3, -0.25) is 4.79 Å². The first kappa shape index (κ1) is 12.9. The van der Waals surface area contributed by atoms with Crippen molar-refractivity contribution in [1.82, 2.24) is 5.32 Å². The van der Waals surface area contributed by atoms with Gasteiger partial charge in [-0.15, -0.1) is 0 Å². The van der Waals surface area contributed by atoms with Crippen molar-refractivity contribution < 1.29 is 9.53 Å². The Balaban J connectivity index is 1.82. The van der Waals surface area contributed by atoms with Crippen molar-refractivity contribution in [2.24, 2.45) is 5.92 Å². The molecule has 0 radical (unpaired) electrons. The predicted molar refractivity (Wildman–Crippen MR) is 71.8 cm³/mol. The second-order valence-electron chi connectivity index (χ2n) is 5.14. The van der Waals surface area contributed by atoms with E-state index in [1.54, 1.807) is 0 Å². The summed E-state index contributed by atoms with van der Waals surface area (Å²) in [6.07, 6.45) is 1.74. The molecule has 2 rings (SSSR count). The smallest absolute Gasteiger partial charge is 0.223 e. The Hall–Kier alpha value is -1.51. The molecule has 3 nitrogen and oxygen atoms in total. The molecule has 0 aliphatic carbocycles. The molecule has 1 fully saturated rings. The van der Waals surface area contributed by atoms with E-state index in [0.29, 0.717) is 12.5 Å². The lowest BCUT2D eigenvalue weighted by atomic mass is 10.0. The summed E-state index contributed by atoms with van der Waals surface area (Å²) in [5, 5.41) is 2.85. The van der Waals surface area contributed by atoms with Crippen molar-refractivity contribution >= 4 is 5.91 Å². The third-order valence-corrected chi connectivity index (χ3v) is 3.42. The summed E-state index contributed by atoms with van der Waals surface area (Å²) >= 11 is 0. The molecule has 1 N–H and O–H groups in total. The number of carbonyl (C=O) groups is 1. The molecule has 18 heavy (non-hydrogen) atoms. The molecule has 98 valence electrons. The molecule has 0 saturated carbocycles. The van der Waals surface area contributed by atoms with E-state index < -0.39 is 0 Å². The van der Waals surface area contributed by atoms with Crippen LogP contribution in [0.5, 0.6) is 5.75 Å². The van der Waals surface area contributed by atoms with Gasteiger partial charge in [0.1, 0.15) is 5.75 Å². The fourth-order valence-corrected chi connectivity index (χ4v) is 2.20. The van der Waals surface area contributed by atoms with E-state index in [4.69, 9.17) is 4.74 Å². The van der Waals surface area contributed by atoms with Crippen LogP contribution in [-0.4, -0.2) is 19.1 Å². The standard InChI is InChI=1S/C15H21NO2/c1-11(2)13-4-3-5-14(10-13)18-9-7-12-6-8-16-15(12)17/h3-5,10-12H,6-9H2,1-2H3,(H,16,17)/t12-/m1/s1. The van der Waals surface area contributed by atoms with Crippen LogP contribution in [0.25, 0.3) is 0 Å². The van der Waals surface area contributed by atoms with Gasteiger partial charge in [-0.1, -0.05) is 26.0 Å². The summed E-state index contributed by atoms with van der Waals surface area (Å²) in [5.41, 5.74) is 1.28. The van der Waals surface area contributed by atoms with Crippen molar-refractivity contribution in [3.63, 3.8) is 0 Å². The van der Waals surface area contributed by atoms with Crippen LogP contribution < -0.4 is 10.1 Å². The van der Waals surface area contributed by atoms with E-state index in [1.807, 2.05) is 12.1 Å². The lowest BCUT2D eigenvalue weighted by Crippen LogP contribution is -2.20. The summed E-state index contributed by atoms with van der Waals surface area (Å²) in [7, 11) is 0. The Kier molecular flexibility index (Phi) is 4.24. The number of benzene rings is 1. The molecule has 1 aromatic carbocycles. The molecule has 0 unspecified atom stereocenters. The number of carbonyl (C=O) groups excluding carboxylic acids is 1. The van der Waals surface area contributed by atoms with Crippen molar-refractivity contribution in [1.29, 1.82) is 0 Å². The molecule has 0 aromatic heterocycles. The van der Waals surface area contributed by atoms with Gasteiger partial charge in [0.05, 0.1) is 6.61 Å². The number of ether oxygens (including phenoxy) is 1. The molecule has 1 amide bonds. The molecule has 0 bridgehead atoms. The highest BCUT2D eigenvalue weighted by atomic mass is 16.5. The van der Waals surface area contributed by atoms with Gasteiger partial charge in [-0.2, -0.15) is 0 Å². The van der Waals surface area contributed by atoms with E-state index in [9.17, 15) is 4.79 Å². The van der Waals surface area contributed by atoms with Crippen LogP contribution in [0.2, 0.25) is 0 Å². The fraction of sp³-hybridized carbons (Fsp3) is 0.533. The van der Waals surface area contributed by atoms with Gasteiger partial charge in [-0.05, 0) is 36.5 Å². The zero-order chi connectivity index (χ0) is 13.0. The van der Waals surface area contributed by atoms with Crippen LogP contribution in [0, 0.1) is 5.92 Å². The molecule has 1 atom stereocenters. The normalized spacial score (nSPS) is 19.1. The first-order valence-corrected chi connectivity index (χ1v) is 6.67. The second kappa shape index (κ2) is 5.89. The lowest BCUT2D eigenvalue weighted by molar-refractivity contribution is -0.122. The largest absolute Gasteiger partial charge is 0.494 e. The van der Waals surface area contributed by atoms with Crippen LogP contribution in [0.15, 0.2) is 24.3 Å². The summed E-state index contributed by atoms with van der Waals surface area (Å²) in [4.78, 5) is 11.4. The van der Waals surface area contributed by atoms with E-state index in [-0.39, 0.29) is 11.8 Å². The first-order valence-electron chi connectivity index (χ1n) is 6.67. The SMILES string of the molecule is CC(C)c1cccc(OCC[C@H]2CCNC2=O)c1. The van der Waals surface area contributed by atoms with Crippen LogP contribution in [0.3, 0.4) is 0 Å². The highest BCUT2D eigenvalue weighted by Gasteiger charge is 2.23. The zero-order valence-corrected chi connectivity index (χ0v) is 11.1. The first-order chi connectivity index (χ1) is 8.66. The van der Waals surface area contributed by atoms with Crippen molar-refractivity contribution in [3.8, 4) is 5.75 Å². The summed E-state index contributed by atoms with van der Waals surface area (Å²) in [5.74, 6) is 1.72. The van der Waals surface area contributed by atoms with Crippen molar-refractivity contribution in [2.45, 2.75) is 32.6 Å².